The van der Waals surface area contributed by atoms with Gasteiger partial charge < -0.3 is 9.84 Å². The first-order valence-corrected chi connectivity index (χ1v) is 7.49. The number of thiophene rings is 1. The molecule has 2 unspecified atom stereocenters. The van der Waals surface area contributed by atoms with Gasteiger partial charge in [0.2, 0.25) is 0 Å². The molecule has 0 aliphatic carbocycles. The highest BCUT2D eigenvalue weighted by molar-refractivity contribution is 9.11. The molecule has 0 spiro atoms. The SMILES string of the molecule is CC(c1ccc(Br)s1)N1CCOCC1CC(=O)O. The smallest absolute Gasteiger partial charge is 0.305 e. The molecule has 1 aliphatic rings. The molecule has 2 heterocycles. The Labute approximate surface area is 119 Å². The molecule has 0 aromatic carbocycles. The number of hydrogen-bond donors (Lipinski definition) is 1. The van der Waals surface area contributed by atoms with Gasteiger partial charge in [0.15, 0.2) is 0 Å². The largest absolute Gasteiger partial charge is 0.481 e. The van der Waals surface area contributed by atoms with Crippen molar-refractivity contribution in [2.75, 3.05) is 19.8 Å². The molecule has 4 nitrogen and oxygen atoms in total. The lowest BCUT2D eigenvalue weighted by molar-refractivity contribution is -0.140. The summed E-state index contributed by atoms with van der Waals surface area (Å²) in [6, 6.07) is 4.32. The molecule has 1 aliphatic heterocycles. The highest BCUT2D eigenvalue weighted by Crippen LogP contribution is 2.32. The molecule has 100 valence electrons. The number of rotatable bonds is 4. The van der Waals surface area contributed by atoms with E-state index >= 15 is 0 Å². The lowest BCUT2D eigenvalue weighted by Crippen LogP contribution is -2.47. The van der Waals surface area contributed by atoms with Crippen molar-refractivity contribution < 1.29 is 14.6 Å². The van der Waals surface area contributed by atoms with E-state index < -0.39 is 5.97 Å². The Hall–Kier alpha value is -0.430. The van der Waals surface area contributed by atoms with Crippen LogP contribution in [0.3, 0.4) is 0 Å². The van der Waals surface area contributed by atoms with Crippen molar-refractivity contribution in [1.29, 1.82) is 0 Å². The first-order chi connectivity index (χ1) is 8.58. The Morgan fingerprint density at radius 2 is 2.50 bits per heavy atom. The molecular formula is C12H16BrNO3S. The van der Waals surface area contributed by atoms with Gasteiger partial charge in [-0.2, -0.15) is 0 Å². The minimum atomic E-state index is -0.768. The lowest BCUT2D eigenvalue weighted by atomic mass is 10.1. The third-order valence-electron chi connectivity index (χ3n) is 3.19. The molecule has 2 atom stereocenters. The second-order valence-electron chi connectivity index (χ2n) is 4.38. The number of carboxylic acids is 1. The Balaban J connectivity index is 2.10. The number of morpholine rings is 1. The normalized spacial score (nSPS) is 22.9. The summed E-state index contributed by atoms with van der Waals surface area (Å²) in [7, 11) is 0. The summed E-state index contributed by atoms with van der Waals surface area (Å²) in [6.07, 6.45) is 0.136. The van der Waals surface area contributed by atoms with Crippen LogP contribution in [0.2, 0.25) is 0 Å². The summed E-state index contributed by atoms with van der Waals surface area (Å²) in [4.78, 5) is 14.4. The van der Waals surface area contributed by atoms with Gasteiger partial charge in [0, 0.05) is 23.5 Å². The second-order valence-corrected chi connectivity index (χ2v) is 6.88. The number of hydrogen-bond acceptors (Lipinski definition) is 4. The summed E-state index contributed by atoms with van der Waals surface area (Å²) in [5, 5.41) is 8.95. The summed E-state index contributed by atoms with van der Waals surface area (Å²) >= 11 is 5.16. The number of aliphatic carboxylic acids is 1. The van der Waals surface area contributed by atoms with E-state index in [-0.39, 0.29) is 18.5 Å². The van der Waals surface area contributed by atoms with Crippen molar-refractivity contribution in [2.45, 2.75) is 25.4 Å². The number of carboxylic acid groups (broad SMARTS) is 1. The molecule has 2 rings (SSSR count). The van der Waals surface area contributed by atoms with Crippen LogP contribution in [0.1, 0.15) is 24.3 Å². The molecule has 1 aromatic heterocycles. The third-order valence-corrected chi connectivity index (χ3v) is 4.98. The van der Waals surface area contributed by atoms with Gasteiger partial charge in [0.05, 0.1) is 23.4 Å². The predicted molar refractivity (Wildman–Crippen MR) is 74.0 cm³/mol. The maximum Gasteiger partial charge on any atom is 0.305 e. The molecule has 1 saturated heterocycles. The molecule has 6 heteroatoms. The van der Waals surface area contributed by atoms with Crippen LogP contribution in [0, 0.1) is 0 Å². The van der Waals surface area contributed by atoms with E-state index in [9.17, 15) is 4.79 Å². The van der Waals surface area contributed by atoms with Gasteiger partial charge in [-0.05, 0) is 35.0 Å². The molecular weight excluding hydrogens is 318 g/mol. The number of halogens is 1. The van der Waals surface area contributed by atoms with E-state index in [0.717, 1.165) is 10.3 Å². The summed E-state index contributed by atoms with van der Waals surface area (Å²) in [6.45, 7) is 4.09. The van der Waals surface area contributed by atoms with Crippen LogP contribution in [-0.4, -0.2) is 41.8 Å². The molecule has 1 aromatic rings. The van der Waals surface area contributed by atoms with Crippen LogP contribution >= 0.6 is 27.3 Å². The average molecular weight is 334 g/mol. The molecule has 0 amide bonds. The topological polar surface area (TPSA) is 49.8 Å². The van der Waals surface area contributed by atoms with E-state index in [1.807, 2.05) is 6.07 Å². The zero-order chi connectivity index (χ0) is 13.1. The maximum atomic E-state index is 10.9. The Bertz CT molecular complexity index is 423. The van der Waals surface area contributed by atoms with Gasteiger partial charge in [-0.1, -0.05) is 0 Å². The number of ether oxygens (including phenoxy) is 1. The Morgan fingerprint density at radius 3 is 3.11 bits per heavy atom. The van der Waals surface area contributed by atoms with Gasteiger partial charge in [0.25, 0.3) is 0 Å². The van der Waals surface area contributed by atoms with Crippen molar-refractivity contribution in [2.24, 2.45) is 0 Å². The quantitative estimate of drug-likeness (QED) is 0.920. The van der Waals surface area contributed by atoms with E-state index in [1.165, 1.54) is 4.88 Å². The van der Waals surface area contributed by atoms with Crippen molar-refractivity contribution in [3.63, 3.8) is 0 Å². The lowest BCUT2D eigenvalue weighted by Gasteiger charge is -2.38. The summed E-state index contributed by atoms with van der Waals surface area (Å²) in [5.74, 6) is -0.768. The van der Waals surface area contributed by atoms with Crippen LogP contribution in [-0.2, 0) is 9.53 Å². The van der Waals surface area contributed by atoms with Crippen LogP contribution in [0.4, 0.5) is 0 Å². The zero-order valence-corrected chi connectivity index (χ0v) is 12.5. The molecule has 1 N–H and O–H groups in total. The zero-order valence-electron chi connectivity index (χ0n) is 10.1. The minimum Gasteiger partial charge on any atom is -0.481 e. The summed E-state index contributed by atoms with van der Waals surface area (Å²) in [5.41, 5.74) is 0. The molecule has 0 saturated carbocycles. The average Bonchev–Trinajstić information content (AvgIpc) is 2.75. The fourth-order valence-corrected chi connectivity index (χ4v) is 3.77. The maximum absolute atomic E-state index is 10.9. The van der Waals surface area contributed by atoms with Crippen molar-refractivity contribution in [3.8, 4) is 0 Å². The van der Waals surface area contributed by atoms with Crippen LogP contribution < -0.4 is 0 Å². The fraction of sp³-hybridized carbons (Fsp3) is 0.583. The van der Waals surface area contributed by atoms with E-state index in [2.05, 4.69) is 33.8 Å². The third kappa shape index (κ3) is 3.32. The highest BCUT2D eigenvalue weighted by atomic mass is 79.9. The van der Waals surface area contributed by atoms with Crippen molar-refractivity contribution >= 4 is 33.2 Å². The first kappa shape index (κ1) is 14.0. The summed E-state index contributed by atoms with van der Waals surface area (Å²) < 4.78 is 6.50. The molecule has 0 bridgehead atoms. The standard InChI is InChI=1S/C12H16BrNO3S/c1-8(10-2-3-11(13)18-10)14-4-5-17-7-9(14)6-12(15)16/h2-3,8-9H,4-7H2,1H3,(H,15,16). The van der Waals surface area contributed by atoms with Gasteiger partial charge in [-0.25, -0.2) is 0 Å². The van der Waals surface area contributed by atoms with Gasteiger partial charge in [-0.15, -0.1) is 11.3 Å². The van der Waals surface area contributed by atoms with E-state index in [0.29, 0.717) is 13.2 Å². The number of carbonyl (C=O) groups is 1. The second kappa shape index (κ2) is 6.14. The van der Waals surface area contributed by atoms with Crippen LogP contribution in [0.25, 0.3) is 0 Å². The van der Waals surface area contributed by atoms with Gasteiger partial charge in [-0.3, -0.25) is 9.69 Å². The molecule has 18 heavy (non-hydrogen) atoms. The Kier molecular flexibility index (Phi) is 4.77. The monoisotopic (exact) mass is 333 g/mol. The first-order valence-electron chi connectivity index (χ1n) is 5.88. The molecule has 1 fully saturated rings. The number of nitrogens with zero attached hydrogens (tertiary/aromatic N) is 1. The van der Waals surface area contributed by atoms with Crippen molar-refractivity contribution in [3.05, 3.63) is 20.8 Å². The van der Waals surface area contributed by atoms with E-state index in [4.69, 9.17) is 9.84 Å². The Morgan fingerprint density at radius 1 is 1.72 bits per heavy atom. The van der Waals surface area contributed by atoms with Crippen LogP contribution in [0.15, 0.2) is 15.9 Å². The van der Waals surface area contributed by atoms with Gasteiger partial charge in [0.1, 0.15) is 0 Å². The molecule has 0 radical (unpaired) electrons. The highest BCUT2D eigenvalue weighted by Gasteiger charge is 2.30. The van der Waals surface area contributed by atoms with Crippen LogP contribution in [0.5, 0.6) is 0 Å². The minimum absolute atomic E-state index is 0.0351. The fourth-order valence-electron chi connectivity index (χ4n) is 2.27. The van der Waals surface area contributed by atoms with E-state index in [1.54, 1.807) is 11.3 Å². The van der Waals surface area contributed by atoms with Gasteiger partial charge >= 0.3 is 5.97 Å². The van der Waals surface area contributed by atoms with Crippen molar-refractivity contribution in [1.82, 2.24) is 4.90 Å². The predicted octanol–water partition coefficient (Wildman–Crippen LogP) is 2.75.